The van der Waals surface area contributed by atoms with Crippen LogP contribution in [0.15, 0.2) is 24.3 Å². The van der Waals surface area contributed by atoms with Crippen molar-refractivity contribution in [3.8, 4) is 0 Å². The summed E-state index contributed by atoms with van der Waals surface area (Å²) in [6.07, 6.45) is 4.12. The molecule has 0 bridgehead atoms. The molecule has 2 aromatic rings. The normalized spacial score (nSPS) is 10.5. The van der Waals surface area contributed by atoms with Crippen molar-refractivity contribution in [2.75, 3.05) is 11.9 Å². The second-order valence-corrected chi connectivity index (χ2v) is 5.96. The van der Waals surface area contributed by atoms with Crippen LogP contribution in [0, 0.1) is 13.8 Å². The topological polar surface area (TPSA) is 62.2 Å². The number of carboxylic acids is 1. The zero-order chi connectivity index (χ0) is 15.2. The number of nitrogens with one attached hydrogen (secondary N) is 1. The first-order valence-electron chi connectivity index (χ1n) is 6.72. The number of aryl methyl sites for hydroxylation is 2. The van der Waals surface area contributed by atoms with Crippen molar-refractivity contribution in [2.45, 2.75) is 20.3 Å². The number of hydrogen-bond donors (Lipinski definition) is 2. The number of rotatable bonds is 6. The van der Waals surface area contributed by atoms with E-state index in [0.29, 0.717) is 6.54 Å². The number of aliphatic carboxylic acids is 1. The van der Waals surface area contributed by atoms with E-state index in [1.54, 1.807) is 11.3 Å². The van der Waals surface area contributed by atoms with E-state index in [4.69, 9.17) is 5.11 Å². The number of thiazole rings is 1. The monoisotopic (exact) mass is 326 g/mol. The Morgan fingerprint density at radius 3 is 2.77 bits per heavy atom. The minimum absolute atomic E-state index is 0. The Bertz CT molecular complexity index is 648. The van der Waals surface area contributed by atoms with Gasteiger partial charge in [0.25, 0.3) is 0 Å². The van der Waals surface area contributed by atoms with E-state index in [0.717, 1.165) is 22.0 Å². The van der Waals surface area contributed by atoms with Gasteiger partial charge in [-0.05, 0) is 37.6 Å². The summed E-state index contributed by atoms with van der Waals surface area (Å²) >= 11 is 1.68. The third-order valence-electron chi connectivity index (χ3n) is 3.02. The van der Waals surface area contributed by atoms with Gasteiger partial charge in [-0.25, -0.2) is 4.98 Å². The van der Waals surface area contributed by atoms with Crippen LogP contribution in [-0.2, 0) is 4.79 Å². The number of carbonyl (C=O) groups is 1. The van der Waals surface area contributed by atoms with Gasteiger partial charge >= 0.3 is 35.5 Å². The fourth-order valence-electron chi connectivity index (χ4n) is 1.80. The van der Waals surface area contributed by atoms with Gasteiger partial charge in [0.2, 0.25) is 0 Å². The second kappa shape index (κ2) is 9.10. The molecule has 0 aliphatic rings. The van der Waals surface area contributed by atoms with Crippen molar-refractivity contribution in [1.82, 2.24) is 4.98 Å². The molecule has 2 rings (SSSR count). The summed E-state index contributed by atoms with van der Waals surface area (Å²) in [5, 5.41) is 12.7. The summed E-state index contributed by atoms with van der Waals surface area (Å²) in [5.41, 5.74) is 3.05. The van der Waals surface area contributed by atoms with E-state index in [1.807, 2.05) is 43.3 Å². The van der Waals surface area contributed by atoms with Gasteiger partial charge in [-0.1, -0.05) is 18.2 Å². The van der Waals surface area contributed by atoms with E-state index in [1.165, 1.54) is 4.88 Å². The molecule has 1 aromatic heterocycles. The third kappa shape index (κ3) is 5.93. The summed E-state index contributed by atoms with van der Waals surface area (Å²) in [5.74, 6) is -0.798. The molecule has 0 unspecified atom stereocenters. The molecule has 0 aliphatic carbocycles. The average molecular weight is 326 g/mol. The molecular formula is C16H19N2NaO2S. The molecule has 0 saturated carbocycles. The first-order chi connectivity index (χ1) is 10.0. The standard InChI is InChI=1S/C16H18N2O2S.Na.H/c1-11-12(2)21-15(18-11)7-6-13-4-3-5-14(10-13)17-9-8-16(19)20;;/h3-7,10,17H,8-9H2,1-2H3,(H,19,20);;. The Morgan fingerprint density at radius 2 is 2.14 bits per heavy atom. The van der Waals surface area contributed by atoms with Crippen LogP contribution < -0.4 is 5.32 Å². The maximum atomic E-state index is 10.5. The van der Waals surface area contributed by atoms with Gasteiger partial charge in [0.15, 0.2) is 0 Å². The van der Waals surface area contributed by atoms with E-state index >= 15 is 0 Å². The molecule has 0 atom stereocenters. The van der Waals surface area contributed by atoms with E-state index in [-0.39, 0.29) is 36.0 Å². The zero-order valence-corrected chi connectivity index (χ0v) is 12.9. The van der Waals surface area contributed by atoms with Crippen molar-refractivity contribution < 1.29 is 9.90 Å². The zero-order valence-electron chi connectivity index (χ0n) is 12.1. The molecule has 112 valence electrons. The van der Waals surface area contributed by atoms with Crippen LogP contribution in [0.2, 0.25) is 0 Å². The molecule has 0 radical (unpaired) electrons. The van der Waals surface area contributed by atoms with Crippen molar-refractivity contribution in [2.24, 2.45) is 0 Å². The number of anilines is 1. The Hall–Kier alpha value is -1.14. The number of aromatic nitrogens is 1. The molecule has 0 fully saturated rings. The van der Waals surface area contributed by atoms with Crippen LogP contribution in [0.5, 0.6) is 0 Å². The van der Waals surface area contributed by atoms with Crippen LogP contribution in [0.1, 0.15) is 27.6 Å². The fourth-order valence-corrected chi connectivity index (χ4v) is 2.63. The molecule has 0 spiro atoms. The van der Waals surface area contributed by atoms with E-state index < -0.39 is 5.97 Å². The first kappa shape index (κ1) is 18.9. The van der Waals surface area contributed by atoms with Crippen molar-refractivity contribution in [1.29, 1.82) is 0 Å². The summed E-state index contributed by atoms with van der Waals surface area (Å²) in [7, 11) is 0. The quantitative estimate of drug-likeness (QED) is 0.801. The van der Waals surface area contributed by atoms with Gasteiger partial charge in [0.1, 0.15) is 5.01 Å². The molecular weight excluding hydrogens is 307 g/mol. The van der Waals surface area contributed by atoms with Gasteiger partial charge in [-0.2, -0.15) is 0 Å². The Labute approximate surface area is 156 Å². The van der Waals surface area contributed by atoms with Gasteiger partial charge in [-0.15, -0.1) is 11.3 Å². The molecule has 1 aromatic carbocycles. The fraction of sp³-hybridized carbons (Fsp3) is 0.250. The molecule has 4 nitrogen and oxygen atoms in total. The minimum atomic E-state index is -0.798. The van der Waals surface area contributed by atoms with Crippen molar-refractivity contribution in [3.63, 3.8) is 0 Å². The second-order valence-electron chi connectivity index (χ2n) is 4.72. The van der Waals surface area contributed by atoms with E-state index in [9.17, 15) is 4.79 Å². The van der Waals surface area contributed by atoms with Gasteiger partial charge < -0.3 is 10.4 Å². The van der Waals surface area contributed by atoms with Crippen LogP contribution in [0.25, 0.3) is 12.2 Å². The summed E-state index contributed by atoms with van der Waals surface area (Å²) < 4.78 is 0. The Balaban J connectivity index is 0.00000242. The van der Waals surface area contributed by atoms with Crippen molar-refractivity contribution >= 4 is 64.7 Å². The molecule has 0 aliphatic heterocycles. The molecule has 0 saturated heterocycles. The predicted molar refractivity (Wildman–Crippen MR) is 94.8 cm³/mol. The molecule has 6 heteroatoms. The number of nitrogens with zero attached hydrogens (tertiary/aromatic N) is 1. The third-order valence-corrected chi connectivity index (χ3v) is 4.06. The Morgan fingerprint density at radius 1 is 1.36 bits per heavy atom. The Kier molecular flexibility index (Phi) is 7.82. The van der Waals surface area contributed by atoms with Crippen LogP contribution in [0.3, 0.4) is 0 Å². The maximum absolute atomic E-state index is 10.5. The van der Waals surface area contributed by atoms with Gasteiger partial charge in [0, 0.05) is 17.1 Å². The summed E-state index contributed by atoms with van der Waals surface area (Å²) in [6, 6.07) is 7.87. The average Bonchev–Trinajstić information content (AvgIpc) is 2.76. The molecule has 22 heavy (non-hydrogen) atoms. The molecule has 2 N–H and O–H groups in total. The van der Waals surface area contributed by atoms with Gasteiger partial charge in [0.05, 0.1) is 12.1 Å². The predicted octanol–water partition coefficient (Wildman–Crippen LogP) is 3.17. The number of benzene rings is 1. The molecule has 1 heterocycles. The number of carboxylic acid groups (broad SMARTS) is 1. The number of hydrogen-bond acceptors (Lipinski definition) is 4. The summed E-state index contributed by atoms with van der Waals surface area (Å²) in [4.78, 5) is 16.2. The van der Waals surface area contributed by atoms with Crippen LogP contribution in [-0.4, -0.2) is 52.2 Å². The van der Waals surface area contributed by atoms with Gasteiger partial charge in [-0.3, -0.25) is 4.79 Å². The van der Waals surface area contributed by atoms with Crippen LogP contribution in [0.4, 0.5) is 5.69 Å². The summed E-state index contributed by atoms with van der Waals surface area (Å²) in [6.45, 7) is 4.50. The SMILES string of the molecule is Cc1nc(C=Cc2cccc(NCCC(=O)O)c2)sc1C.[NaH]. The van der Waals surface area contributed by atoms with Crippen LogP contribution >= 0.6 is 11.3 Å². The molecule has 0 amide bonds. The van der Waals surface area contributed by atoms with Crippen molar-refractivity contribution in [3.05, 3.63) is 45.4 Å². The first-order valence-corrected chi connectivity index (χ1v) is 7.54. The van der Waals surface area contributed by atoms with E-state index in [2.05, 4.69) is 17.2 Å².